The largest absolute Gasteiger partial charge is 0.573 e. The molecular weight excluding hydrogens is 441 g/mol. The number of benzene rings is 2. The van der Waals surface area contributed by atoms with Gasteiger partial charge in [-0.15, -0.1) is 13.2 Å². The van der Waals surface area contributed by atoms with E-state index in [-0.39, 0.29) is 23.6 Å². The normalized spacial score (nSPS) is 15.8. The molecule has 11 heteroatoms. The molecule has 33 heavy (non-hydrogen) atoms. The molecule has 0 unspecified atom stereocenters. The third kappa shape index (κ3) is 4.53. The highest BCUT2D eigenvalue weighted by molar-refractivity contribution is 5.59. The molecule has 0 amide bonds. The number of rotatable bonds is 5. The zero-order valence-corrected chi connectivity index (χ0v) is 17.2. The first-order valence-electron chi connectivity index (χ1n) is 9.90. The highest BCUT2D eigenvalue weighted by Crippen LogP contribution is 2.31. The van der Waals surface area contributed by atoms with E-state index < -0.39 is 6.36 Å². The van der Waals surface area contributed by atoms with E-state index in [0.717, 1.165) is 17.0 Å². The summed E-state index contributed by atoms with van der Waals surface area (Å²) in [7, 11) is 1.62. The summed E-state index contributed by atoms with van der Waals surface area (Å²) >= 11 is 0. The topological polar surface area (TPSA) is 84.4 Å². The first-order chi connectivity index (χ1) is 15.9. The Hall–Kier alpha value is -3.86. The summed E-state index contributed by atoms with van der Waals surface area (Å²) in [5.41, 5.74) is 2.84. The van der Waals surface area contributed by atoms with Crippen LogP contribution in [0.4, 0.5) is 13.2 Å². The van der Waals surface area contributed by atoms with Gasteiger partial charge in [0.05, 0.1) is 26.0 Å². The third-order valence-electron chi connectivity index (χ3n) is 5.11. The highest BCUT2D eigenvalue weighted by Gasteiger charge is 2.31. The standard InChI is InChI=1S/C22H17F3N4O4/c1-30-16-6-2-13(3-7-16)19-11-29-15(12-31-19)10-18(27-29)21-26-20(28-33-21)14-4-8-17(9-5-14)32-22(23,24)25/h2-10,19H,11-12H2,1H3/t19-/m1/s1. The average molecular weight is 458 g/mol. The Morgan fingerprint density at radius 1 is 1.03 bits per heavy atom. The number of aromatic nitrogens is 4. The molecule has 3 heterocycles. The molecule has 5 rings (SSSR count). The van der Waals surface area contributed by atoms with E-state index >= 15 is 0 Å². The van der Waals surface area contributed by atoms with Crippen LogP contribution in [0.25, 0.3) is 23.0 Å². The van der Waals surface area contributed by atoms with E-state index in [1.165, 1.54) is 24.3 Å². The Morgan fingerprint density at radius 2 is 1.76 bits per heavy atom. The molecule has 0 saturated heterocycles. The van der Waals surface area contributed by atoms with Crippen molar-refractivity contribution >= 4 is 0 Å². The molecule has 1 aliphatic rings. The maximum absolute atomic E-state index is 12.3. The molecule has 0 N–H and O–H groups in total. The fraction of sp³-hybridized carbons (Fsp3) is 0.227. The van der Waals surface area contributed by atoms with Gasteiger partial charge >= 0.3 is 6.36 Å². The molecule has 0 saturated carbocycles. The van der Waals surface area contributed by atoms with Gasteiger partial charge in [-0.1, -0.05) is 17.3 Å². The summed E-state index contributed by atoms with van der Waals surface area (Å²) < 4.78 is 59.2. The minimum absolute atomic E-state index is 0.160. The smallest absolute Gasteiger partial charge is 0.497 e. The molecule has 0 spiro atoms. The van der Waals surface area contributed by atoms with Gasteiger partial charge in [-0.2, -0.15) is 10.1 Å². The number of halogens is 3. The van der Waals surface area contributed by atoms with Crippen LogP contribution in [0.2, 0.25) is 0 Å². The van der Waals surface area contributed by atoms with Gasteiger partial charge in [0.2, 0.25) is 5.82 Å². The first-order valence-corrected chi connectivity index (χ1v) is 9.90. The lowest BCUT2D eigenvalue weighted by Crippen LogP contribution is -2.21. The summed E-state index contributed by atoms with van der Waals surface area (Å²) in [5.74, 6) is 0.861. The number of alkyl halides is 3. The minimum atomic E-state index is -4.75. The number of nitrogens with zero attached hydrogens (tertiary/aromatic N) is 4. The summed E-state index contributed by atoms with van der Waals surface area (Å²) in [6.07, 6.45) is -4.91. The minimum Gasteiger partial charge on any atom is -0.497 e. The highest BCUT2D eigenvalue weighted by atomic mass is 19.4. The van der Waals surface area contributed by atoms with Crippen molar-refractivity contribution in [3.05, 3.63) is 65.9 Å². The second kappa shape index (κ2) is 8.24. The van der Waals surface area contributed by atoms with Gasteiger partial charge in [-0.05, 0) is 48.0 Å². The van der Waals surface area contributed by atoms with Crippen molar-refractivity contribution in [3.63, 3.8) is 0 Å². The second-order valence-corrected chi connectivity index (χ2v) is 7.27. The van der Waals surface area contributed by atoms with Crippen LogP contribution in [-0.4, -0.2) is 33.4 Å². The van der Waals surface area contributed by atoms with Gasteiger partial charge in [0, 0.05) is 5.56 Å². The van der Waals surface area contributed by atoms with Gasteiger partial charge in [0.15, 0.2) is 5.69 Å². The number of fused-ring (bicyclic) bond motifs is 1. The van der Waals surface area contributed by atoms with Crippen LogP contribution in [-0.2, 0) is 17.9 Å². The average Bonchev–Trinajstić information content (AvgIpc) is 3.45. The van der Waals surface area contributed by atoms with E-state index in [4.69, 9.17) is 14.0 Å². The van der Waals surface area contributed by atoms with Crippen molar-refractivity contribution in [2.24, 2.45) is 0 Å². The third-order valence-corrected chi connectivity index (χ3v) is 5.11. The van der Waals surface area contributed by atoms with E-state index in [2.05, 4.69) is 20.0 Å². The fourth-order valence-corrected chi connectivity index (χ4v) is 3.50. The predicted octanol–water partition coefficient (Wildman–Crippen LogP) is 4.78. The van der Waals surface area contributed by atoms with E-state index in [9.17, 15) is 13.2 Å². The van der Waals surface area contributed by atoms with Crippen LogP contribution < -0.4 is 9.47 Å². The van der Waals surface area contributed by atoms with Crippen LogP contribution >= 0.6 is 0 Å². The summed E-state index contributed by atoms with van der Waals surface area (Å²) in [5, 5.41) is 8.47. The predicted molar refractivity (Wildman–Crippen MR) is 108 cm³/mol. The molecule has 0 bridgehead atoms. The molecule has 1 atom stereocenters. The lowest BCUT2D eigenvalue weighted by molar-refractivity contribution is -0.274. The van der Waals surface area contributed by atoms with Crippen LogP contribution in [0.5, 0.6) is 11.5 Å². The zero-order valence-electron chi connectivity index (χ0n) is 17.2. The summed E-state index contributed by atoms with van der Waals surface area (Å²) in [6.45, 7) is 0.884. The Bertz CT molecular complexity index is 1250. The fourth-order valence-electron chi connectivity index (χ4n) is 3.50. The number of methoxy groups -OCH3 is 1. The molecule has 4 aromatic rings. The van der Waals surface area contributed by atoms with Gasteiger partial charge < -0.3 is 18.7 Å². The Kier molecular flexibility index (Phi) is 5.25. The van der Waals surface area contributed by atoms with E-state index in [1.54, 1.807) is 7.11 Å². The van der Waals surface area contributed by atoms with Crippen LogP contribution in [0.15, 0.2) is 59.1 Å². The second-order valence-electron chi connectivity index (χ2n) is 7.27. The molecule has 0 aliphatic carbocycles. The van der Waals surface area contributed by atoms with Crippen molar-refractivity contribution in [1.82, 2.24) is 19.9 Å². The Balaban J connectivity index is 1.31. The quantitative estimate of drug-likeness (QED) is 0.426. The lowest BCUT2D eigenvalue weighted by atomic mass is 10.1. The molecule has 0 radical (unpaired) electrons. The van der Waals surface area contributed by atoms with Crippen LogP contribution in [0.3, 0.4) is 0 Å². The first kappa shape index (κ1) is 21.0. The molecule has 2 aromatic heterocycles. The Labute approximate surface area is 185 Å². The van der Waals surface area contributed by atoms with Gasteiger partial charge in [0.1, 0.15) is 17.6 Å². The number of ether oxygens (including phenoxy) is 3. The van der Waals surface area contributed by atoms with E-state index in [0.29, 0.717) is 24.4 Å². The van der Waals surface area contributed by atoms with Crippen LogP contribution in [0, 0.1) is 0 Å². The molecule has 8 nitrogen and oxygen atoms in total. The van der Waals surface area contributed by atoms with Crippen molar-refractivity contribution in [2.75, 3.05) is 7.11 Å². The molecule has 0 fully saturated rings. The molecule has 2 aromatic carbocycles. The van der Waals surface area contributed by atoms with Crippen molar-refractivity contribution < 1.29 is 31.9 Å². The SMILES string of the molecule is COc1ccc([C@H]2Cn3nc(-c4nc(-c5ccc(OC(F)(F)F)cc5)no4)cc3CO2)cc1. The zero-order chi connectivity index (χ0) is 23.0. The summed E-state index contributed by atoms with van der Waals surface area (Å²) in [4.78, 5) is 4.32. The Morgan fingerprint density at radius 3 is 2.45 bits per heavy atom. The van der Waals surface area contributed by atoms with Crippen molar-refractivity contribution in [1.29, 1.82) is 0 Å². The van der Waals surface area contributed by atoms with E-state index in [1.807, 2.05) is 35.0 Å². The van der Waals surface area contributed by atoms with Crippen molar-refractivity contribution in [3.8, 4) is 34.5 Å². The molecule has 170 valence electrons. The molecule has 1 aliphatic heterocycles. The van der Waals surface area contributed by atoms with Gasteiger partial charge in [0.25, 0.3) is 5.89 Å². The van der Waals surface area contributed by atoms with Crippen molar-refractivity contribution in [2.45, 2.75) is 25.6 Å². The molecular formula is C22H17F3N4O4. The monoisotopic (exact) mass is 458 g/mol. The summed E-state index contributed by atoms with van der Waals surface area (Å²) in [6, 6.07) is 14.7. The lowest BCUT2D eigenvalue weighted by Gasteiger charge is -2.24. The number of hydrogen-bond acceptors (Lipinski definition) is 7. The van der Waals surface area contributed by atoms with Crippen LogP contribution in [0.1, 0.15) is 17.4 Å². The maximum atomic E-state index is 12.3. The maximum Gasteiger partial charge on any atom is 0.573 e. The number of hydrogen-bond donors (Lipinski definition) is 0. The van der Waals surface area contributed by atoms with Gasteiger partial charge in [-0.3, -0.25) is 4.68 Å². The van der Waals surface area contributed by atoms with Gasteiger partial charge in [-0.25, -0.2) is 0 Å².